The minimum absolute atomic E-state index is 0.119. The summed E-state index contributed by atoms with van der Waals surface area (Å²) in [5, 5.41) is 15.2. The molecule has 4 aromatic rings. The number of carbonyl (C=O) groups is 1. The molecule has 11 heteroatoms. The van der Waals surface area contributed by atoms with Crippen molar-refractivity contribution in [2.45, 2.75) is 19.5 Å². The van der Waals surface area contributed by atoms with Crippen molar-refractivity contribution < 1.29 is 18.0 Å². The molecule has 0 unspecified atom stereocenters. The molecule has 6 nitrogen and oxygen atoms in total. The SMILES string of the molecule is CCc1nc2c(Cl)c(-c3cccc(NC(=O)c4ccc(NC/C=C/CCl)c(C#N)c4)c3)c(C(F)(F)F)cc2n1C. The number of imidazole rings is 1. The predicted octanol–water partition coefficient (Wildman–Crippen LogP) is 7.81. The first-order chi connectivity index (χ1) is 19.1. The number of amides is 1. The van der Waals surface area contributed by atoms with E-state index >= 15 is 0 Å². The zero-order valence-electron chi connectivity index (χ0n) is 21.5. The maximum absolute atomic E-state index is 14.2. The van der Waals surface area contributed by atoms with Crippen LogP contribution in [0.1, 0.15) is 34.2 Å². The lowest BCUT2D eigenvalue weighted by Gasteiger charge is -2.17. The van der Waals surface area contributed by atoms with Gasteiger partial charge in [0.1, 0.15) is 17.4 Å². The Morgan fingerprint density at radius 1 is 1.18 bits per heavy atom. The van der Waals surface area contributed by atoms with Crippen molar-refractivity contribution in [1.82, 2.24) is 9.55 Å². The molecule has 1 amide bonds. The standard InChI is InChI=1S/C29H24Cl2F3N5O/c1-3-24-38-27-23(39(24)2)15-21(29(32,33)34)25(26(27)31)17-7-6-8-20(14-17)37-28(40)18-9-10-22(19(13-18)16-35)36-12-5-4-11-30/h4-10,13-15,36H,3,11-12H2,1-2H3,(H,37,40)/b5-4+. The number of fused-ring (bicyclic) bond motifs is 1. The van der Waals surface area contributed by atoms with Crippen LogP contribution in [0.4, 0.5) is 24.5 Å². The molecule has 3 aromatic carbocycles. The average molecular weight is 586 g/mol. The largest absolute Gasteiger partial charge is 0.417 e. The molecule has 1 aromatic heterocycles. The average Bonchev–Trinajstić information content (AvgIpc) is 3.26. The van der Waals surface area contributed by atoms with Crippen molar-refractivity contribution in [3.05, 3.63) is 88.2 Å². The molecule has 0 fully saturated rings. The van der Waals surface area contributed by atoms with Crippen LogP contribution in [0.2, 0.25) is 5.02 Å². The van der Waals surface area contributed by atoms with Crippen LogP contribution < -0.4 is 10.6 Å². The first kappa shape index (κ1) is 29.0. The van der Waals surface area contributed by atoms with Gasteiger partial charge in [-0.1, -0.05) is 42.8 Å². The zero-order valence-corrected chi connectivity index (χ0v) is 23.0. The Kier molecular flexibility index (Phi) is 8.72. The van der Waals surface area contributed by atoms with Gasteiger partial charge in [-0.25, -0.2) is 4.98 Å². The number of nitrogens with one attached hydrogen (secondary N) is 2. The molecule has 0 aliphatic carbocycles. The Hall–Kier alpha value is -4.00. The van der Waals surface area contributed by atoms with Crippen LogP contribution in [0.25, 0.3) is 22.2 Å². The second-order valence-electron chi connectivity index (χ2n) is 8.83. The molecule has 0 aliphatic rings. The second-order valence-corrected chi connectivity index (χ2v) is 9.52. The Labute approximate surface area is 239 Å². The molecular weight excluding hydrogens is 562 g/mol. The summed E-state index contributed by atoms with van der Waals surface area (Å²) in [6.07, 6.45) is -0.591. The number of aryl methyl sites for hydroxylation is 2. The molecule has 40 heavy (non-hydrogen) atoms. The van der Waals surface area contributed by atoms with E-state index in [-0.39, 0.29) is 44.0 Å². The number of anilines is 2. The highest BCUT2D eigenvalue weighted by atomic mass is 35.5. The fraction of sp³-hybridized carbons (Fsp3) is 0.207. The fourth-order valence-corrected chi connectivity index (χ4v) is 4.83. The Morgan fingerprint density at radius 2 is 1.95 bits per heavy atom. The predicted molar refractivity (Wildman–Crippen MR) is 153 cm³/mol. The number of alkyl halides is 4. The van der Waals surface area contributed by atoms with Gasteiger partial charge >= 0.3 is 6.18 Å². The van der Waals surface area contributed by atoms with Crippen molar-refractivity contribution >= 4 is 51.5 Å². The van der Waals surface area contributed by atoms with Crippen molar-refractivity contribution in [3.8, 4) is 17.2 Å². The summed E-state index contributed by atoms with van der Waals surface area (Å²) in [5.74, 6) is 0.443. The highest BCUT2D eigenvalue weighted by Gasteiger charge is 2.36. The van der Waals surface area contributed by atoms with Crippen LogP contribution in [0.3, 0.4) is 0 Å². The van der Waals surface area contributed by atoms with Crippen LogP contribution in [-0.4, -0.2) is 27.9 Å². The molecule has 0 radical (unpaired) electrons. The summed E-state index contributed by atoms with van der Waals surface area (Å²) < 4.78 is 44.2. The van der Waals surface area contributed by atoms with Crippen LogP contribution in [0, 0.1) is 11.3 Å². The fourth-order valence-electron chi connectivity index (χ4n) is 4.36. The monoisotopic (exact) mass is 585 g/mol. The van der Waals surface area contributed by atoms with Crippen LogP contribution in [0.15, 0.2) is 60.7 Å². The lowest BCUT2D eigenvalue weighted by molar-refractivity contribution is -0.137. The van der Waals surface area contributed by atoms with E-state index in [4.69, 9.17) is 23.2 Å². The number of allylic oxidation sites excluding steroid dienone is 1. The molecule has 0 saturated heterocycles. The summed E-state index contributed by atoms with van der Waals surface area (Å²) in [6, 6.07) is 13.7. The molecule has 0 bridgehead atoms. The number of aromatic nitrogens is 2. The molecule has 4 rings (SSSR count). The number of carbonyl (C=O) groups excluding carboxylic acids is 1. The first-order valence-corrected chi connectivity index (χ1v) is 13.2. The topological polar surface area (TPSA) is 82.7 Å². The second kappa shape index (κ2) is 12.0. The van der Waals surface area contributed by atoms with E-state index in [1.165, 1.54) is 24.3 Å². The number of nitriles is 1. The van der Waals surface area contributed by atoms with Gasteiger partial charge in [0.05, 0.1) is 27.4 Å². The van der Waals surface area contributed by atoms with Gasteiger partial charge in [-0.05, 0) is 42.0 Å². The number of rotatable bonds is 8. The van der Waals surface area contributed by atoms with Gasteiger partial charge in [-0.3, -0.25) is 4.79 Å². The van der Waals surface area contributed by atoms with E-state index in [2.05, 4.69) is 21.7 Å². The van der Waals surface area contributed by atoms with E-state index in [0.717, 1.165) is 6.07 Å². The number of halogens is 5. The van der Waals surface area contributed by atoms with Gasteiger partial charge in [0, 0.05) is 42.7 Å². The molecule has 0 spiro atoms. The molecule has 1 heterocycles. The number of hydrogen-bond donors (Lipinski definition) is 2. The highest BCUT2D eigenvalue weighted by molar-refractivity contribution is 6.38. The minimum atomic E-state index is -4.69. The quantitative estimate of drug-likeness (QED) is 0.163. The Morgan fingerprint density at radius 3 is 2.62 bits per heavy atom. The van der Waals surface area contributed by atoms with E-state index < -0.39 is 17.6 Å². The highest BCUT2D eigenvalue weighted by Crippen LogP contribution is 2.45. The molecule has 0 saturated carbocycles. The maximum Gasteiger partial charge on any atom is 0.417 e. The third kappa shape index (κ3) is 5.93. The van der Waals surface area contributed by atoms with E-state index in [1.54, 1.807) is 35.9 Å². The maximum atomic E-state index is 14.2. The zero-order chi connectivity index (χ0) is 29.0. The summed E-state index contributed by atoms with van der Waals surface area (Å²) in [7, 11) is 1.65. The lowest BCUT2D eigenvalue weighted by Crippen LogP contribution is -2.13. The summed E-state index contributed by atoms with van der Waals surface area (Å²) in [4.78, 5) is 17.5. The third-order valence-electron chi connectivity index (χ3n) is 6.31. The van der Waals surface area contributed by atoms with Gasteiger partial charge in [-0.15, -0.1) is 11.6 Å². The van der Waals surface area contributed by atoms with Gasteiger partial charge in [0.15, 0.2) is 0 Å². The van der Waals surface area contributed by atoms with Crippen LogP contribution >= 0.6 is 23.2 Å². The van der Waals surface area contributed by atoms with E-state index in [9.17, 15) is 23.2 Å². The normalized spacial score (nSPS) is 11.7. The van der Waals surface area contributed by atoms with Crippen molar-refractivity contribution in [2.75, 3.05) is 23.1 Å². The Bertz CT molecular complexity index is 1650. The summed E-state index contributed by atoms with van der Waals surface area (Å²) >= 11 is 12.2. The van der Waals surface area contributed by atoms with Crippen molar-refractivity contribution in [1.29, 1.82) is 5.26 Å². The molecular formula is C29H24Cl2F3N5O. The molecule has 2 N–H and O–H groups in total. The molecule has 206 valence electrons. The number of nitrogens with zero attached hydrogens (tertiary/aromatic N) is 3. The van der Waals surface area contributed by atoms with Crippen molar-refractivity contribution in [3.63, 3.8) is 0 Å². The van der Waals surface area contributed by atoms with Crippen LogP contribution in [0.5, 0.6) is 0 Å². The first-order valence-electron chi connectivity index (χ1n) is 12.2. The van der Waals surface area contributed by atoms with Gasteiger partial charge < -0.3 is 15.2 Å². The number of hydrogen-bond acceptors (Lipinski definition) is 4. The molecule has 0 atom stereocenters. The van der Waals surface area contributed by atoms with Gasteiger partial charge in [-0.2, -0.15) is 18.4 Å². The van der Waals surface area contributed by atoms with Gasteiger partial charge in [0.25, 0.3) is 5.91 Å². The molecule has 0 aliphatic heterocycles. The minimum Gasteiger partial charge on any atom is -0.381 e. The van der Waals surface area contributed by atoms with Crippen LogP contribution in [-0.2, 0) is 19.6 Å². The summed E-state index contributed by atoms with van der Waals surface area (Å²) in [6.45, 7) is 2.31. The smallest absolute Gasteiger partial charge is 0.381 e. The van der Waals surface area contributed by atoms with Gasteiger partial charge in [0.2, 0.25) is 0 Å². The number of benzene rings is 3. The van der Waals surface area contributed by atoms with E-state index in [1.807, 2.05) is 13.0 Å². The third-order valence-corrected chi connectivity index (χ3v) is 6.86. The van der Waals surface area contributed by atoms with E-state index in [0.29, 0.717) is 30.4 Å². The summed E-state index contributed by atoms with van der Waals surface area (Å²) in [5.41, 5.74) is 0.878. The lowest BCUT2D eigenvalue weighted by atomic mass is 9.97. The Balaban J connectivity index is 1.68. The van der Waals surface area contributed by atoms with Crippen molar-refractivity contribution in [2.24, 2.45) is 7.05 Å².